The van der Waals surface area contributed by atoms with Gasteiger partial charge in [0.05, 0.1) is 0 Å². The van der Waals surface area contributed by atoms with Crippen LogP contribution in [0.2, 0.25) is 0 Å². The van der Waals surface area contributed by atoms with Gasteiger partial charge in [-0.05, 0) is 75.9 Å². The van der Waals surface area contributed by atoms with Crippen molar-refractivity contribution in [3.63, 3.8) is 0 Å². The monoisotopic (exact) mass is 276 g/mol. The minimum atomic E-state index is -0.146. The molecule has 2 heterocycles. The molecule has 0 aliphatic carbocycles. The van der Waals surface area contributed by atoms with Gasteiger partial charge in [0.15, 0.2) is 0 Å². The number of rotatable bonds is 3. The Morgan fingerprint density at radius 1 is 1.15 bits per heavy atom. The van der Waals surface area contributed by atoms with Crippen molar-refractivity contribution in [2.45, 2.75) is 44.7 Å². The number of nitrogens with zero attached hydrogens (tertiary/aromatic N) is 1. The van der Waals surface area contributed by atoms with Crippen LogP contribution >= 0.6 is 0 Å². The van der Waals surface area contributed by atoms with Crippen molar-refractivity contribution in [1.82, 2.24) is 10.2 Å². The summed E-state index contributed by atoms with van der Waals surface area (Å²) >= 11 is 0. The zero-order chi connectivity index (χ0) is 13.9. The van der Waals surface area contributed by atoms with Crippen molar-refractivity contribution < 1.29 is 4.39 Å². The first-order valence-corrected chi connectivity index (χ1v) is 7.97. The highest BCUT2D eigenvalue weighted by molar-refractivity contribution is 5.19. The molecule has 20 heavy (non-hydrogen) atoms. The van der Waals surface area contributed by atoms with Crippen LogP contribution in [0.15, 0.2) is 24.3 Å². The maximum atomic E-state index is 13.0. The number of piperidine rings is 1. The standard InChI is InChI=1S/C17H25FN2/c1-13(14-4-6-16(18)7-5-14)20-11-8-15(9-12-20)17-3-2-10-19-17/h4-7,13,15,17,19H,2-3,8-12H2,1H3. The summed E-state index contributed by atoms with van der Waals surface area (Å²) in [5.41, 5.74) is 1.23. The van der Waals surface area contributed by atoms with E-state index in [0.717, 1.165) is 12.0 Å². The molecule has 0 radical (unpaired) electrons. The number of hydrogen-bond acceptors (Lipinski definition) is 2. The fourth-order valence-electron chi connectivity index (χ4n) is 3.78. The van der Waals surface area contributed by atoms with Gasteiger partial charge in [0.2, 0.25) is 0 Å². The van der Waals surface area contributed by atoms with Gasteiger partial charge in [0.1, 0.15) is 5.82 Å². The minimum absolute atomic E-state index is 0.146. The smallest absolute Gasteiger partial charge is 0.123 e. The molecule has 1 N–H and O–H groups in total. The highest BCUT2D eigenvalue weighted by Gasteiger charge is 2.29. The molecule has 0 bridgehead atoms. The Morgan fingerprint density at radius 2 is 1.85 bits per heavy atom. The van der Waals surface area contributed by atoms with E-state index in [0.29, 0.717) is 6.04 Å². The summed E-state index contributed by atoms with van der Waals surface area (Å²) in [4.78, 5) is 2.54. The molecule has 1 aromatic carbocycles. The Hall–Kier alpha value is -0.930. The summed E-state index contributed by atoms with van der Waals surface area (Å²) in [7, 11) is 0. The molecule has 1 aromatic rings. The average molecular weight is 276 g/mol. The van der Waals surface area contributed by atoms with Crippen molar-refractivity contribution in [2.24, 2.45) is 5.92 Å². The van der Waals surface area contributed by atoms with Gasteiger partial charge < -0.3 is 5.32 Å². The average Bonchev–Trinajstić information content (AvgIpc) is 3.02. The number of benzene rings is 1. The van der Waals surface area contributed by atoms with Gasteiger partial charge in [-0.1, -0.05) is 12.1 Å². The van der Waals surface area contributed by atoms with Crippen molar-refractivity contribution in [1.29, 1.82) is 0 Å². The molecule has 3 heteroatoms. The van der Waals surface area contributed by atoms with Crippen LogP contribution in [0.1, 0.15) is 44.2 Å². The molecule has 2 nitrogen and oxygen atoms in total. The highest BCUT2D eigenvalue weighted by atomic mass is 19.1. The van der Waals surface area contributed by atoms with Crippen LogP contribution in [0.3, 0.4) is 0 Å². The Bertz CT molecular complexity index is 417. The fourth-order valence-corrected chi connectivity index (χ4v) is 3.78. The predicted octanol–water partition coefficient (Wildman–Crippen LogP) is 3.35. The highest BCUT2D eigenvalue weighted by Crippen LogP contribution is 2.30. The first-order valence-electron chi connectivity index (χ1n) is 7.97. The van der Waals surface area contributed by atoms with E-state index in [1.165, 1.54) is 50.9 Å². The lowest BCUT2D eigenvalue weighted by molar-refractivity contribution is 0.126. The quantitative estimate of drug-likeness (QED) is 0.911. The maximum Gasteiger partial charge on any atom is 0.123 e. The molecular formula is C17H25FN2. The van der Waals surface area contributed by atoms with Crippen LogP contribution in [0.25, 0.3) is 0 Å². The number of hydrogen-bond donors (Lipinski definition) is 1. The van der Waals surface area contributed by atoms with Crippen LogP contribution < -0.4 is 5.32 Å². The number of likely N-dealkylation sites (tertiary alicyclic amines) is 1. The van der Waals surface area contributed by atoms with E-state index < -0.39 is 0 Å². The third kappa shape index (κ3) is 3.04. The second-order valence-electron chi connectivity index (χ2n) is 6.30. The van der Waals surface area contributed by atoms with E-state index in [1.807, 2.05) is 12.1 Å². The van der Waals surface area contributed by atoms with Gasteiger partial charge >= 0.3 is 0 Å². The largest absolute Gasteiger partial charge is 0.314 e. The Labute approximate surface area is 121 Å². The van der Waals surface area contributed by atoms with E-state index in [-0.39, 0.29) is 5.82 Å². The van der Waals surface area contributed by atoms with E-state index in [9.17, 15) is 4.39 Å². The first-order chi connectivity index (χ1) is 9.74. The summed E-state index contributed by atoms with van der Waals surface area (Å²) in [5.74, 6) is 0.709. The third-order valence-electron chi connectivity index (χ3n) is 5.14. The Kier molecular flexibility index (Phi) is 4.37. The lowest BCUT2D eigenvalue weighted by atomic mass is 9.87. The van der Waals surface area contributed by atoms with Crippen molar-refractivity contribution in [3.8, 4) is 0 Å². The van der Waals surface area contributed by atoms with E-state index in [2.05, 4.69) is 17.1 Å². The van der Waals surface area contributed by atoms with Crippen molar-refractivity contribution in [2.75, 3.05) is 19.6 Å². The van der Waals surface area contributed by atoms with Crippen LogP contribution in [0.5, 0.6) is 0 Å². The van der Waals surface area contributed by atoms with Crippen LogP contribution in [-0.2, 0) is 0 Å². The van der Waals surface area contributed by atoms with Crippen LogP contribution in [0.4, 0.5) is 4.39 Å². The lowest BCUT2D eigenvalue weighted by Crippen LogP contribution is -2.41. The van der Waals surface area contributed by atoms with Crippen molar-refractivity contribution >= 4 is 0 Å². The van der Waals surface area contributed by atoms with Crippen LogP contribution in [-0.4, -0.2) is 30.6 Å². The van der Waals surface area contributed by atoms with Gasteiger partial charge in [-0.2, -0.15) is 0 Å². The molecule has 2 fully saturated rings. The second-order valence-corrected chi connectivity index (χ2v) is 6.30. The Morgan fingerprint density at radius 3 is 2.45 bits per heavy atom. The third-order valence-corrected chi connectivity index (χ3v) is 5.14. The number of halogens is 1. The van der Waals surface area contributed by atoms with Gasteiger partial charge in [-0.3, -0.25) is 4.90 Å². The first kappa shape index (κ1) is 14.0. The van der Waals surface area contributed by atoms with E-state index in [1.54, 1.807) is 12.1 Å². The molecule has 2 atom stereocenters. The van der Waals surface area contributed by atoms with Crippen molar-refractivity contribution in [3.05, 3.63) is 35.6 Å². The maximum absolute atomic E-state index is 13.0. The van der Waals surface area contributed by atoms with Gasteiger partial charge in [0, 0.05) is 12.1 Å². The van der Waals surface area contributed by atoms with E-state index >= 15 is 0 Å². The zero-order valence-corrected chi connectivity index (χ0v) is 12.3. The fraction of sp³-hybridized carbons (Fsp3) is 0.647. The Balaban J connectivity index is 1.55. The molecule has 0 spiro atoms. The molecule has 0 aromatic heterocycles. The second kappa shape index (κ2) is 6.23. The van der Waals surface area contributed by atoms with Gasteiger partial charge in [0.25, 0.3) is 0 Å². The summed E-state index contributed by atoms with van der Waals surface area (Å²) < 4.78 is 13.0. The summed E-state index contributed by atoms with van der Waals surface area (Å²) in [6.45, 7) is 5.78. The molecule has 2 aliphatic heterocycles. The minimum Gasteiger partial charge on any atom is -0.314 e. The topological polar surface area (TPSA) is 15.3 Å². The normalized spacial score (nSPS) is 26.8. The SMILES string of the molecule is CC(c1ccc(F)cc1)N1CCC(C2CCCN2)CC1. The van der Waals surface area contributed by atoms with E-state index in [4.69, 9.17) is 0 Å². The van der Waals surface area contributed by atoms with Gasteiger partial charge in [-0.25, -0.2) is 4.39 Å². The lowest BCUT2D eigenvalue weighted by Gasteiger charge is -2.38. The molecule has 2 aliphatic rings. The number of nitrogens with one attached hydrogen (secondary N) is 1. The zero-order valence-electron chi connectivity index (χ0n) is 12.3. The molecule has 0 saturated carbocycles. The molecule has 3 rings (SSSR count). The molecule has 2 saturated heterocycles. The molecule has 0 amide bonds. The molecule has 2 unspecified atom stereocenters. The summed E-state index contributed by atoms with van der Waals surface area (Å²) in [5, 5.41) is 3.65. The summed E-state index contributed by atoms with van der Waals surface area (Å²) in [6.07, 6.45) is 5.29. The molecule has 110 valence electrons. The predicted molar refractivity (Wildman–Crippen MR) is 80.1 cm³/mol. The van der Waals surface area contributed by atoms with Crippen LogP contribution in [0, 0.1) is 11.7 Å². The summed E-state index contributed by atoms with van der Waals surface area (Å²) in [6, 6.07) is 8.14. The van der Waals surface area contributed by atoms with Gasteiger partial charge in [-0.15, -0.1) is 0 Å². The molecular weight excluding hydrogens is 251 g/mol.